The second kappa shape index (κ2) is 7.59. The van der Waals surface area contributed by atoms with E-state index in [1.807, 2.05) is 7.05 Å². The van der Waals surface area contributed by atoms with Gasteiger partial charge >= 0.3 is 0 Å². The highest BCUT2D eigenvalue weighted by molar-refractivity contribution is 14.1. The molecule has 1 rings (SSSR count). The van der Waals surface area contributed by atoms with Crippen LogP contribution in [0.1, 0.15) is 44.7 Å². The van der Waals surface area contributed by atoms with Gasteiger partial charge in [-0.3, -0.25) is 0 Å². The molecule has 1 aromatic rings. The topological polar surface area (TPSA) is 12.0 Å². The summed E-state index contributed by atoms with van der Waals surface area (Å²) in [6.45, 7) is 4.56. The Morgan fingerprint density at radius 1 is 1.41 bits per heavy atom. The fraction of sp³-hybridized carbons (Fsp3) is 0.571. The molecule has 0 aliphatic rings. The van der Waals surface area contributed by atoms with Gasteiger partial charge in [0.25, 0.3) is 0 Å². The highest BCUT2D eigenvalue weighted by atomic mass is 127. The fourth-order valence-corrected chi connectivity index (χ4v) is 2.69. The highest BCUT2D eigenvalue weighted by Crippen LogP contribution is 2.27. The zero-order chi connectivity index (χ0) is 12.8. The summed E-state index contributed by atoms with van der Waals surface area (Å²) in [6, 6.07) is 6.76. The second-order valence-corrected chi connectivity index (χ2v) is 6.21. The minimum Gasteiger partial charge on any atom is -0.313 e. The largest absolute Gasteiger partial charge is 0.313 e. The molecule has 2 unspecified atom stereocenters. The third kappa shape index (κ3) is 4.76. The molecule has 0 saturated heterocycles. The molecule has 0 fully saturated rings. The van der Waals surface area contributed by atoms with Crippen LogP contribution in [0.15, 0.2) is 18.2 Å². The van der Waals surface area contributed by atoms with Gasteiger partial charge < -0.3 is 5.32 Å². The Bertz CT molecular complexity index is 354. The maximum atomic E-state index is 6.18. The zero-order valence-electron chi connectivity index (χ0n) is 10.8. The van der Waals surface area contributed by atoms with Crippen LogP contribution in [-0.4, -0.2) is 7.05 Å². The van der Waals surface area contributed by atoms with Gasteiger partial charge in [-0.15, -0.1) is 0 Å². The summed E-state index contributed by atoms with van der Waals surface area (Å²) in [5.41, 5.74) is 1.29. The first-order valence-corrected chi connectivity index (χ1v) is 7.66. The minimum absolute atomic E-state index is 0.408. The van der Waals surface area contributed by atoms with Gasteiger partial charge in [0.05, 0.1) is 5.02 Å². The summed E-state index contributed by atoms with van der Waals surface area (Å²) in [5.74, 6) is 0.746. The average molecular weight is 366 g/mol. The standard InChI is InChI=1S/C14H21ClIN/c1-4-5-10(2)8-14(17-3)11-6-7-13(16)12(15)9-11/h6-7,9-10,14,17H,4-5,8H2,1-3H3. The lowest BCUT2D eigenvalue weighted by Gasteiger charge is -2.21. The third-order valence-corrected chi connectivity index (χ3v) is 4.69. The molecule has 17 heavy (non-hydrogen) atoms. The van der Waals surface area contributed by atoms with E-state index in [0.717, 1.165) is 14.5 Å². The van der Waals surface area contributed by atoms with Crippen LogP contribution in [0.25, 0.3) is 0 Å². The summed E-state index contributed by atoms with van der Waals surface area (Å²) in [7, 11) is 2.02. The molecular formula is C14H21ClIN. The molecule has 0 aromatic heterocycles. The van der Waals surface area contributed by atoms with Crippen LogP contribution in [0, 0.1) is 9.49 Å². The molecule has 0 heterocycles. The van der Waals surface area contributed by atoms with Crippen LogP contribution in [0.4, 0.5) is 0 Å². The van der Waals surface area contributed by atoms with Gasteiger partial charge in [-0.25, -0.2) is 0 Å². The third-order valence-electron chi connectivity index (χ3n) is 3.11. The van der Waals surface area contributed by atoms with E-state index in [2.05, 4.69) is 60.0 Å². The molecule has 0 radical (unpaired) electrons. The molecule has 0 aliphatic carbocycles. The molecule has 1 aromatic carbocycles. The molecule has 0 aliphatic heterocycles. The van der Waals surface area contributed by atoms with Crippen LogP contribution >= 0.6 is 34.2 Å². The van der Waals surface area contributed by atoms with Crippen LogP contribution < -0.4 is 5.32 Å². The van der Waals surface area contributed by atoms with E-state index >= 15 is 0 Å². The maximum absolute atomic E-state index is 6.18. The van der Waals surface area contributed by atoms with Crippen molar-refractivity contribution >= 4 is 34.2 Å². The first-order valence-electron chi connectivity index (χ1n) is 6.20. The molecular weight excluding hydrogens is 345 g/mol. The van der Waals surface area contributed by atoms with Crippen molar-refractivity contribution in [2.24, 2.45) is 5.92 Å². The van der Waals surface area contributed by atoms with Crippen molar-refractivity contribution in [3.05, 3.63) is 32.4 Å². The number of halogens is 2. The smallest absolute Gasteiger partial charge is 0.0542 e. The molecule has 1 N–H and O–H groups in total. The molecule has 96 valence electrons. The van der Waals surface area contributed by atoms with Crippen LogP contribution in [0.3, 0.4) is 0 Å². The number of benzene rings is 1. The Kier molecular flexibility index (Phi) is 6.82. The van der Waals surface area contributed by atoms with Gasteiger partial charge in [-0.05, 0) is 59.7 Å². The SMILES string of the molecule is CCCC(C)CC(NC)c1ccc(I)c(Cl)c1. The summed E-state index contributed by atoms with van der Waals surface area (Å²) in [5, 5.41) is 4.25. The van der Waals surface area contributed by atoms with Crippen molar-refractivity contribution in [1.82, 2.24) is 5.32 Å². The van der Waals surface area contributed by atoms with Gasteiger partial charge in [0, 0.05) is 9.61 Å². The van der Waals surface area contributed by atoms with Gasteiger partial charge in [-0.1, -0.05) is 44.4 Å². The first kappa shape index (κ1) is 15.3. The lowest BCUT2D eigenvalue weighted by molar-refractivity contribution is 0.407. The van der Waals surface area contributed by atoms with Gasteiger partial charge in [0.15, 0.2) is 0 Å². The fourth-order valence-electron chi connectivity index (χ4n) is 2.16. The monoisotopic (exact) mass is 365 g/mol. The summed E-state index contributed by atoms with van der Waals surface area (Å²) in [4.78, 5) is 0. The number of hydrogen-bond acceptors (Lipinski definition) is 1. The van der Waals surface area contributed by atoms with Crippen molar-refractivity contribution in [2.75, 3.05) is 7.05 Å². The van der Waals surface area contributed by atoms with Crippen molar-refractivity contribution in [2.45, 2.75) is 39.2 Å². The average Bonchev–Trinajstić information content (AvgIpc) is 2.30. The maximum Gasteiger partial charge on any atom is 0.0542 e. The normalized spacial score (nSPS) is 14.6. The van der Waals surface area contributed by atoms with E-state index < -0.39 is 0 Å². The predicted molar refractivity (Wildman–Crippen MR) is 84.7 cm³/mol. The van der Waals surface area contributed by atoms with E-state index in [0.29, 0.717) is 6.04 Å². The molecule has 2 atom stereocenters. The Morgan fingerprint density at radius 3 is 2.65 bits per heavy atom. The molecule has 1 nitrogen and oxygen atoms in total. The van der Waals surface area contributed by atoms with E-state index in [1.165, 1.54) is 24.8 Å². The van der Waals surface area contributed by atoms with Gasteiger partial charge in [0.1, 0.15) is 0 Å². The van der Waals surface area contributed by atoms with Crippen molar-refractivity contribution < 1.29 is 0 Å². The van der Waals surface area contributed by atoms with E-state index in [9.17, 15) is 0 Å². The van der Waals surface area contributed by atoms with Crippen molar-refractivity contribution in [1.29, 1.82) is 0 Å². The quantitative estimate of drug-likeness (QED) is 0.697. The Balaban J connectivity index is 2.75. The lowest BCUT2D eigenvalue weighted by Crippen LogP contribution is -2.19. The minimum atomic E-state index is 0.408. The Labute approximate surface area is 123 Å². The Morgan fingerprint density at radius 2 is 2.12 bits per heavy atom. The van der Waals surface area contributed by atoms with E-state index in [1.54, 1.807) is 0 Å². The number of hydrogen-bond donors (Lipinski definition) is 1. The molecule has 0 saturated carbocycles. The summed E-state index contributed by atoms with van der Waals surface area (Å²) >= 11 is 8.44. The highest BCUT2D eigenvalue weighted by Gasteiger charge is 2.14. The van der Waals surface area contributed by atoms with Crippen LogP contribution in [0.2, 0.25) is 5.02 Å². The molecule has 0 amide bonds. The number of rotatable bonds is 6. The van der Waals surface area contributed by atoms with Crippen LogP contribution in [0.5, 0.6) is 0 Å². The summed E-state index contributed by atoms with van der Waals surface area (Å²) < 4.78 is 1.12. The first-order chi connectivity index (χ1) is 8.08. The second-order valence-electron chi connectivity index (χ2n) is 4.64. The van der Waals surface area contributed by atoms with Crippen LogP contribution in [-0.2, 0) is 0 Å². The van der Waals surface area contributed by atoms with Gasteiger partial charge in [0.2, 0.25) is 0 Å². The van der Waals surface area contributed by atoms with E-state index in [4.69, 9.17) is 11.6 Å². The molecule has 0 spiro atoms. The van der Waals surface area contributed by atoms with Crippen molar-refractivity contribution in [3.8, 4) is 0 Å². The Hall–Kier alpha value is 0.200. The summed E-state index contributed by atoms with van der Waals surface area (Å²) in [6.07, 6.45) is 3.71. The van der Waals surface area contributed by atoms with E-state index in [-0.39, 0.29) is 0 Å². The van der Waals surface area contributed by atoms with Crippen molar-refractivity contribution in [3.63, 3.8) is 0 Å². The van der Waals surface area contributed by atoms with Gasteiger partial charge in [-0.2, -0.15) is 0 Å². The lowest BCUT2D eigenvalue weighted by atomic mass is 9.93. The molecule has 3 heteroatoms. The predicted octanol–water partition coefficient (Wildman–Crippen LogP) is 5.03. The molecule has 0 bridgehead atoms. The zero-order valence-corrected chi connectivity index (χ0v) is 13.7. The number of nitrogens with one attached hydrogen (secondary N) is 1.